The van der Waals surface area contributed by atoms with Crippen molar-refractivity contribution in [3.63, 3.8) is 0 Å². The van der Waals surface area contributed by atoms with Gasteiger partial charge in [-0.25, -0.2) is 17.2 Å². The number of hydrogen-bond acceptors (Lipinski definition) is 4. The Morgan fingerprint density at radius 1 is 0.921 bits per heavy atom. The number of benzene rings is 3. The summed E-state index contributed by atoms with van der Waals surface area (Å²) in [5.74, 6) is -2.27. The van der Waals surface area contributed by atoms with Gasteiger partial charge < -0.3 is 10.2 Å². The fraction of sp³-hybridized carbons (Fsp3) is 0.286. The second-order valence-corrected chi connectivity index (χ2v) is 10.8. The van der Waals surface area contributed by atoms with Gasteiger partial charge in [-0.1, -0.05) is 55.5 Å². The third-order valence-corrected chi connectivity index (χ3v) is 7.05. The third-order valence-electron chi connectivity index (χ3n) is 5.91. The average molecular weight is 544 g/mol. The molecule has 0 aromatic heterocycles. The second-order valence-electron chi connectivity index (χ2n) is 8.86. The Balaban J connectivity index is 2.04. The molecule has 0 fully saturated rings. The first-order chi connectivity index (χ1) is 18.1. The van der Waals surface area contributed by atoms with Crippen LogP contribution in [0.2, 0.25) is 0 Å². The van der Waals surface area contributed by atoms with Crippen molar-refractivity contribution in [1.82, 2.24) is 10.2 Å². The van der Waals surface area contributed by atoms with Crippen molar-refractivity contribution in [2.45, 2.75) is 32.4 Å². The summed E-state index contributed by atoms with van der Waals surface area (Å²) in [5.41, 5.74) is 1.03. The summed E-state index contributed by atoms with van der Waals surface area (Å²) in [6.07, 6.45) is 1.73. The van der Waals surface area contributed by atoms with E-state index in [2.05, 4.69) is 5.32 Å². The molecule has 0 spiro atoms. The van der Waals surface area contributed by atoms with Crippen LogP contribution >= 0.6 is 0 Å². The molecule has 3 aromatic carbocycles. The molecule has 0 aliphatic rings. The Hall–Kier alpha value is -3.79. The molecular formula is C28H31F2N3O4S. The van der Waals surface area contributed by atoms with Crippen molar-refractivity contribution in [3.8, 4) is 0 Å². The van der Waals surface area contributed by atoms with Gasteiger partial charge in [0.25, 0.3) is 0 Å². The molecule has 10 heteroatoms. The fourth-order valence-corrected chi connectivity index (χ4v) is 4.80. The number of hydrogen-bond donors (Lipinski definition) is 1. The number of anilines is 1. The van der Waals surface area contributed by atoms with E-state index in [1.165, 1.54) is 35.2 Å². The maximum Gasteiger partial charge on any atom is 0.244 e. The minimum absolute atomic E-state index is 0.0862. The van der Waals surface area contributed by atoms with E-state index < -0.39 is 46.1 Å². The molecular weight excluding hydrogens is 512 g/mol. The summed E-state index contributed by atoms with van der Waals surface area (Å²) in [6, 6.07) is 18.6. The van der Waals surface area contributed by atoms with E-state index in [4.69, 9.17) is 0 Å². The summed E-state index contributed by atoms with van der Waals surface area (Å²) in [5, 5.41) is 2.81. The average Bonchev–Trinajstić information content (AvgIpc) is 2.89. The molecule has 7 nitrogen and oxygen atoms in total. The van der Waals surface area contributed by atoms with Gasteiger partial charge >= 0.3 is 0 Å². The van der Waals surface area contributed by atoms with Gasteiger partial charge in [-0.2, -0.15) is 0 Å². The van der Waals surface area contributed by atoms with Crippen LogP contribution in [-0.2, 0) is 32.6 Å². The van der Waals surface area contributed by atoms with Crippen LogP contribution in [0.1, 0.15) is 24.5 Å². The molecule has 38 heavy (non-hydrogen) atoms. The zero-order valence-corrected chi connectivity index (χ0v) is 22.1. The summed E-state index contributed by atoms with van der Waals surface area (Å²) < 4.78 is 54.3. The molecule has 202 valence electrons. The molecule has 1 unspecified atom stereocenters. The Kier molecular flexibility index (Phi) is 9.95. The second kappa shape index (κ2) is 13.1. The van der Waals surface area contributed by atoms with Gasteiger partial charge in [0.15, 0.2) is 0 Å². The van der Waals surface area contributed by atoms with Crippen LogP contribution in [0.3, 0.4) is 0 Å². The lowest BCUT2D eigenvalue weighted by atomic mass is 10.0. The van der Waals surface area contributed by atoms with Crippen LogP contribution in [0.4, 0.5) is 14.5 Å². The van der Waals surface area contributed by atoms with Crippen LogP contribution in [-0.4, -0.2) is 50.5 Å². The van der Waals surface area contributed by atoms with Crippen LogP contribution in [0.5, 0.6) is 0 Å². The van der Waals surface area contributed by atoms with E-state index >= 15 is 0 Å². The maximum atomic E-state index is 14.7. The van der Waals surface area contributed by atoms with E-state index in [0.29, 0.717) is 13.0 Å². The zero-order valence-electron chi connectivity index (χ0n) is 21.3. The first-order valence-electron chi connectivity index (χ1n) is 12.2. The van der Waals surface area contributed by atoms with E-state index in [9.17, 15) is 26.8 Å². The van der Waals surface area contributed by atoms with E-state index in [0.717, 1.165) is 28.3 Å². The van der Waals surface area contributed by atoms with E-state index in [1.54, 1.807) is 18.2 Å². The molecule has 0 saturated heterocycles. The number of sulfonamides is 1. The minimum atomic E-state index is -3.97. The smallest absolute Gasteiger partial charge is 0.244 e. The summed E-state index contributed by atoms with van der Waals surface area (Å²) in [4.78, 5) is 28.4. The van der Waals surface area contributed by atoms with Crippen molar-refractivity contribution in [2.75, 3.05) is 23.7 Å². The van der Waals surface area contributed by atoms with Crippen molar-refractivity contribution in [3.05, 3.63) is 102 Å². The normalized spacial score (nSPS) is 12.0. The summed E-state index contributed by atoms with van der Waals surface area (Å²) in [7, 11) is -3.97. The number of carbonyl (C=O) groups is 2. The Labute approximate surface area is 222 Å². The molecule has 0 heterocycles. The molecule has 1 N–H and O–H groups in total. The molecule has 0 bridgehead atoms. The highest BCUT2D eigenvalue weighted by molar-refractivity contribution is 7.92. The summed E-state index contributed by atoms with van der Waals surface area (Å²) >= 11 is 0. The highest BCUT2D eigenvalue weighted by atomic mass is 32.2. The van der Waals surface area contributed by atoms with Crippen LogP contribution < -0.4 is 9.62 Å². The highest BCUT2D eigenvalue weighted by Gasteiger charge is 2.33. The first-order valence-corrected chi connectivity index (χ1v) is 14.0. The van der Waals surface area contributed by atoms with E-state index in [1.807, 2.05) is 25.1 Å². The Morgan fingerprint density at radius 3 is 2.16 bits per heavy atom. The molecule has 3 rings (SSSR count). The van der Waals surface area contributed by atoms with Gasteiger partial charge in [0, 0.05) is 25.1 Å². The minimum Gasteiger partial charge on any atom is -0.354 e. The topological polar surface area (TPSA) is 86.8 Å². The summed E-state index contributed by atoms with van der Waals surface area (Å²) in [6.45, 7) is 1.34. The Bertz CT molecular complexity index is 1340. The zero-order chi connectivity index (χ0) is 27.7. The van der Waals surface area contributed by atoms with E-state index in [-0.39, 0.29) is 24.2 Å². The van der Waals surface area contributed by atoms with Gasteiger partial charge in [0.2, 0.25) is 21.8 Å². The van der Waals surface area contributed by atoms with Crippen molar-refractivity contribution in [2.24, 2.45) is 0 Å². The van der Waals surface area contributed by atoms with Gasteiger partial charge in [-0.05, 0) is 42.3 Å². The van der Waals surface area contributed by atoms with Crippen molar-refractivity contribution < 1.29 is 26.8 Å². The molecule has 0 radical (unpaired) electrons. The molecule has 0 saturated carbocycles. The monoisotopic (exact) mass is 543 g/mol. The molecule has 1 atom stereocenters. The lowest BCUT2D eigenvalue weighted by Gasteiger charge is -2.33. The van der Waals surface area contributed by atoms with Crippen LogP contribution in [0, 0.1) is 11.6 Å². The lowest BCUT2D eigenvalue weighted by Crippen LogP contribution is -2.53. The number of nitrogens with one attached hydrogen (secondary N) is 1. The van der Waals surface area contributed by atoms with Gasteiger partial charge in [0.1, 0.15) is 24.2 Å². The van der Waals surface area contributed by atoms with Crippen LogP contribution in [0.15, 0.2) is 78.9 Å². The van der Waals surface area contributed by atoms with Gasteiger partial charge in [-0.15, -0.1) is 0 Å². The number of carbonyl (C=O) groups excluding carboxylic acids is 2. The largest absolute Gasteiger partial charge is 0.354 e. The molecule has 2 amide bonds. The number of halogens is 2. The predicted molar refractivity (Wildman–Crippen MR) is 143 cm³/mol. The third kappa shape index (κ3) is 7.85. The van der Waals surface area contributed by atoms with Crippen LogP contribution in [0.25, 0.3) is 0 Å². The Morgan fingerprint density at radius 2 is 1.55 bits per heavy atom. The first kappa shape index (κ1) is 28.8. The predicted octanol–water partition coefficient (Wildman–Crippen LogP) is 3.90. The SMILES string of the molecule is CCCNC(=O)C(Cc1ccccc1)N(Cc1ccccc1F)C(=O)CN(c1ccc(F)cc1)S(C)(=O)=O. The number of rotatable bonds is 12. The highest BCUT2D eigenvalue weighted by Crippen LogP contribution is 2.21. The quantitative estimate of drug-likeness (QED) is 0.376. The fourth-order valence-electron chi connectivity index (χ4n) is 3.95. The van der Waals surface area contributed by atoms with Crippen molar-refractivity contribution >= 4 is 27.5 Å². The maximum absolute atomic E-state index is 14.7. The van der Waals surface area contributed by atoms with Gasteiger partial charge in [-0.3, -0.25) is 13.9 Å². The lowest BCUT2D eigenvalue weighted by molar-refractivity contribution is -0.140. The van der Waals surface area contributed by atoms with Crippen molar-refractivity contribution in [1.29, 1.82) is 0 Å². The molecule has 0 aliphatic carbocycles. The number of amides is 2. The standard InChI is InChI=1S/C28H31F2N3O4S/c1-3-17-31-28(35)26(18-21-9-5-4-6-10-21)32(19-22-11-7-8-12-25(22)30)27(34)20-33(38(2,36)37)24-15-13-23(29)14-16-24/h4-16,26H,3,17-20H2,1-2H3,(H,31,35). The van der Waals surface area contributed by atoms with Gasteiger partial charge in [0.05, 0.1) is 11.9 Å². The molecule has 0 aliphatic heterocycles. The molecule has 3 aromatic rings. The number of nitrogens with zero attached hydrogens (tertiary/aromatic N) is 2.